The Kier molecular flexibility index (Phi) is 17.3. The van der Waals surface area contributed by atoms with Gasteiger partial charge < -0.3 is 45.8 Å². The van der Waals surface area contributed by atoms with E-state index >= 15 is 0 Å². The second kappa shape index (κ2) is 24.7. The van der Waals surface area contributed by atoms with E-state index in [4.69, 9.17) is 45.1 Å². The Morgan fingerprint density at radius 3 is 2.11 bits per heavy atom. The van der Waals surface area contributed by atoms with Gasteiger partial charge in [0.05, 0.1) is 88.5 Å². The zero-order valence-electron chi connectivity index (χ0n) is 41.7. The Morgan fingerprint density at radius 2 is 1.43 bits per heavy atom. The first-order valence-electron chi connectivity index (χ1n) is 25.4. The molecule has 9 rings (SSSR count). The van der Waals surface area contributed by atoms with E-state index < -0.39 is 29.7 Å². The molecule has 1 atom stereocenters. The number of piperidine rings is 1. The molecule has 3 aromatic heterocycles. The van der Waals surface area contributed by atoms with Crippen LogP contribution in [0.5, 0.6) is 0 Å². The number of imide groups is 2. The van der Waals surface area contributed by atoms with Crippen molar-refractivity contribution in [1.29, 1.82) is 0 Å². The Labute approximate surface area is 433 Å². The molecule has 20 nitrogen and oxygen atoms in total. The average Bonchev–Trinajstić information content (AvgIpc) is 3.94. The van der Waals surface area contributed by atoms with Gasteiger partial charge in [-0.05, 0) is 97.8 Å². The Balaban J connectivity index is 0.610. The summed E-state index contributed by atoms with van der Waals surface area (Å²) in [6.07, 6.45) is 5.77. The van der Waals surface area contributed by atoms with Crippen LogP contribution in [0.15, 0.2) is 97.2 Å². The van der Waals surface area contributed by atoms with Gasteiger partial charge in [0.1, 0.15) is 17.4 Å². The van der Waals surface area contributed by atoms with Crippen molar-refractivity contribution in [1.82, 2.24) is 35.1 Å². The number of ether oxygens (including phenoxy) is 5. The van der Waals surface area contributed by atoms with E-state index in [0.717, 1.165) is 57.8 Å². The van der Waals surface area contributed by atoms with Crippen LogP contribution in [0.1, 0.15) is 70.4 Å². The Hall–Kier alpha value is -7.46. The molecule has 2 aliphatic heterocycles. The highest BCUT2D eigenvalue weighted by Crippen LogP contribution is 2.40. The van der Waals surface area contributed by atoms with Gasteiger partial charge in [-0.3, -0.25) is 38.8 Å². The summed E-state index contributed by atoms with van der Waals surface area (Å²) in [5, 5.41) is 8.28. The van der Waals surface area contributed by atoms with E-state index in [1.54, 1.807) is 24.4 Å². The van der Waals surface area contributed by atoms with Crippen molar-refractivity contribution < 1.29 is 47.7 Å². The molecule has 75 heavy (non-hydrogen) atoms. The number of anilines is 2. The quantitative estimate of drug-likeness (QED) is 0.0345. The van der Waals surface area contributed by atoms with E-state index in [2.05, 4.69) is 51.3 Å². The maximum absolute atomic E-state index is 13.2. The first kappa shape index (κ1) is 52.4. The third-order valence-electron chi connectivity index (χ3n) is 13.5. The number of nitrogens with zero attached hydrogens (tertiary/aromatic N) is 5. The number of nitrogen functional groups attached to an aromatic ring is 1. The molecule has 1 saturated carbocycles. The predicted octanol–water partition coefficient (Wildman–Crippen LogP) is 4.71. The number of hydrogen-bond donors (Lipinski definition) is 5. The molecular weight excluding hydrogens is 961 g/mol. The molecule has 6 aromatic rings. The van der Waals surface area contributed by atoms with Crippen molar-refractivity contribution in [2.45, 2.75) is 56.5 Å². The number of benzene rings is 3. The monoisotopic (exact) mass is 1020 g/mol. The SMILES string of the molecule is Nc1ncccc1-c1nc2ccc(-c3cccc(CCC(=O)NCCOCCOCCOCCOCCOCCNc4cccc5c4C(=O)N(C4CCC(=O)NC4=O)C5=O)c3)nc2n1-c1ccc(C2(N)CCC2)cc1. The fourth-order valence-electron chi connectivity index (χ4n) is 9.34. The van der Waals surface area contributed by atoms with Crippen LogP contribution in [0.4, 0.5) is 11.5 Å². The molecule has 0 radical (unpaired) electrons. The van der Waals surface area contributed by atoms with E-state index in [1.807, 2.05) is 47.0 Å². The molecule has 0 bridgehead atoms. The molecule has 5 amide bonds. The summed E-state index contributed by atoms with van der Waals surface area (Å²) < 4.78 is 30.0. The van der Waals surface area contributed by atoms with Gasteiger partial charge in [0.2, 0.25) is 17.7 Å². The number of hydrogen-bond acceptors (Lipinski definition) is 16. The molecule has 1 aliphatic carbocycles. The van der Waals surface area contributed by atoms with Gasteiger partial charge in [-0.25, -0.2) is 15.0 Å². The molecule has 7 N–H and O–H groups in total. The summed E-state index contributed by atoms with van der Waals surface area (Å²) in [6.45, 7) is 4.53. The van der Waals surface area contributed by atoms with Crippen molar-refractivity contribution >= 4 is 52.2 Å². The molecule has 20 heteroatoms. The van der Waals surface area contributed by atoms with Crippen LogP contribution in [0, 0.1) is 0 Å². The van der Waals surface area contributed by atoms with Gasteiger partial charge in [-0.1, -0.05) is 36.4 Å². The van der Waals surface area contributed by atoms with Gasteiger partial charge in [0, 0.05) is 54.6 Å². The summed E-state index contributed by atoms with van der Waals surface area (Å²) in [7, 11) is 0. The van der Waals surface area contributed by atoms with Gasteiger partial charge in [-0.15, -0.1) is 0 Å². The van der Waals surface area contributed by atoms with Crippen LogP contribution in [-0.2, 0) is 50.0 Å². The van der Waals surface area contributed by atoms with Crippen LogP contribution in [0.25, 0.3) is 39.5 Å². The number of amides is 5. The topological polar surface area (TPSA) is 266 Å². The fraction of sp³-hybridized carbons (Fsp3) is 0.382. The molecule has 1 unspecified atom stereocenters. The summed E-state index contributed by atoms with van der Waals surface area (Å²) in [5.74, 6) is -1.24. The lowest BCUT2D eigenvalue weighted by molar-refractivity contribution is -0.136. The molecular formula is C55H62N10O10. The minimum Gasteiger partial charge on any atom is -0.383 e. The van der Waals surface area contributed by atoms with Crippen molar-refractivity contribution in [3.63, 3.8) is 0 Å². The number of pyridine rings is 2. The van der Waals surface area contributed by atoms with Crippen LogP contribution in [0.3, 0.4) is 0 Å². The smallest absolute Gasteiger partial charge is 0.264 e. The molecule has 5 heterocycles. The summed E-state index contributed by atoms with van der Waals surface area (Å²) in [4.78, 5) is 78.4. The molecule has 1 saturated heterocycles. The summed E-state index contributed by atoms with van der Waals surface area (Å²) >= 11 is 0. The van der Waals surface area contributed by atoms with Gasteiger partial charge in [0.25, 0.3) is 11.8 Å². The second-order valence-corrected chi connectivity index (χ2v) is 18.5. The van der Waals surface area contributed by atoms with Gasteiger partial charge >= 0.3 is 0 Å². The number of nitrogens with one attached hydrogen (secondary N) is 3. The maximum atomic E-state index is 13.2. The van der Waals surface area contributed by atoms with Crippen molar-refractivity contribution in [2.75, 3.05) is 90.2 Å². The zero-order valence-corrected chi connectivity index (χ0v) is 41.7. The lowest BCUT2D eigenvalue weighted by Crippen LogP contribution is -2.54. The van der Waals surface area contributed by atoms with Gasteiger partial charge in [-0.2, -0.15) is 0 Å². The van der Waals surface area contributed by atoms with E-state index in [0.29, 0.717) is 121 Å². The van der Waals surface area contributed by atoms with Gasteiger partial charge in [0.15, 0.2) is 11.5 Å². The fourth-order valence-corrected chi connectivity index (χ4v) is 9.34. The molecule has 3 aliphatic rings. The minimum atomic E-state index is -1.02. The average molecular weight is 1020 g/mol. The van der Waals surface area contributed by atoms with Crippen molar-refractivity contribution in [3.05, 3.63) is 119 Å². The first-order valence-corrected chi connectivity index (χ1v) is 25.4. The lowest BCUT2D eigenvalue weighted by Gasteiger charge is -2.38. The minimum absolute atomic E-state index is 0.0558. The second-order valence-electron chi connectivity index (χ2n) is 18.5. The number of carbonyl (C=O) groups excluding carboxylic acids is 5. The first-order chi connectivity index (χ1) is 36.6. The summed E-state index contributed by atoms with van der Waals surface area (Å²) in [6, 6.07) is 27.9. The number of rotatable bonds is 27. The molecule has 3 aromatic carbocycles. The number of fused-ring (bicyclic) bond motifs is 2. The number of imidazole rings is 1. The van der Waals surface area contributed by atoms with E-state index in [-0.39, 0.29) is 35.4 Å². The highest BCUT2D eigenvalue weighted by Gasteiger charge is 2.45. The van der Waals surface area contributed by atoms with E-state index in [1.165, 1.54) is 0 Å². The highest BCUT2D eigenvalue weighted by atomic mass is 16.6. The van der Waals surface area contributed by atoms with E-state index in [9.17, 15) is 24.0 Å². The van der Waals surface area contributed by atoms with Crippen molar-refractivity contribution in [3.8, 4) is 28.3 Å². The number of aryl methyl sites for hydroxylation is 1. The molecule has 392 valence electrons. The Bertz CT molecular complexity index is 3010. The maximum Gasteiger partial charge on any atom is 0.264 e. The predicted molar refractivity (Wildman–Crippen MR) is 279 cm³/mol. The van der Waals surface area contributed by atoms with Crippen LogP contribution in [0.2, 0.25) is 0 Å². The Morgan fingerprint density at radius 1 is 0.747 bits per heavy atom. The highest BCUT2D eigenvalue weighted by molar-refractivity contribution is 6.25. The van der Waals surface area contributed by atoms with Crippen molar-refractivity contribution in [2.24, 2.45) is 5.73 Å². The normalized spacial score (nSPS) is 16.0. The van der Waals surface area contributed by atoms with Crippen LogP contribution >= 0.6 is 0 Å². The number of nitrogens with two attached hydrogens (primary N) is 2. The number of carbonyl (C=O) groups is 5. The summed E-state index contributed by atoms with van der Waals surface area (Å²) in [5.41, 5.74) is 20.4. The molecule has 2 fully saturated rings. The standard InChI is InChI=1S/C55H62N10O10/c56-49-41(8-3-22-60-49)50-62-44-16-15-42(61-51(44)64(50)39-13-11-38(12-14-39)55(57)20-4-21-55)37-6-1-5-36(35-37)10-18-46(66)59-24-26-72-28-30-74-32-34-75-33-31-73-29-27-71-25-23-58-43-9-2-7-40-48(43)54(70)65(53(40)69)45-17-19-47(67)63-52(45)68/h1-3,5-9,11-16,22,35,45,58H,4,10,17-21,23-34,57H2,(H2,56,60)(H,59,66)(H,63,67,68). The van der Waals surface area contributed by atoms with Crippen LogP contribution in [-0.4, -0.2) is 139 Å². The molecule has 0 spiro atoms. The third-order valence-corrected chi connectivity index (χ3v) is 13.5. The number of aromatic nitrogens is 4. The van der Waals surface area contributed by atoms with Crippen LogP contribution < -0.4 is 27.4 Å². The largest absolute Gasteiger partial charge is 0.383 e. The third kappa shape index (κ3) is 12.6. The zero-order chi connectivity index (χ0) is 52.2. The lowest BCUT2D eigenvalue weighted by atomic mass is 9.73.